The summed E-state index contributed by atoms with van der Waals surface area (Å²) in [5.41, 5.74) is 5.13. The molecule has 0 aromatic carbocycles. The average Bonchev–Trinajstić information content (AvgIpc) is 1.62. The normalized spacial score (nSPS) is 17.9. The molecule has 1 fully saturated rings. The third-order valence-corrected chi connectivity index (χ3v) is 1.76. The van der Waals surface area contributed by atoms with Crippen molar-refractivity contribution >= 4 is 18.2 Å². The minimum Gasteiger partial charge on any atom is -0.324 e. The lowest BCUT2D eigenvalue weighted by molar-refractivity contribution is -0.123. The van der Waals surface area contributed by atoms with Crippen LogP contribution in [0.3, 0.4) is 0 Å². The SMILES string of the molecule is Cl.NCC(=O)C1CCC1. The molecule has 0 aromatic heterocycles. The van der Waals surface area contributed by atoms with E-state index in [1.165, 1.54) is 6.42 Å². The second-order valence-electron chi connectivity index (χ2n) is 2.30. The lowest BCUT2D eigenvalue weighted by atomic mass is 9.82. The van der Waals surface area contributed by atoms with Gasteiger partial charge in [0.15, 0.2) is 0 Å². The molecule has 0 saturated heterocycles. The number of hydrogen-bond acceptors (Lipinski definition) is 2. The predicted octanol–water partition coefficient (Wildman–Crippen LogP) is 0.736. The maximum absolute atomic E-state index is 10.7. The van der Waals surface area contributed by atoms with Crippen LogP contribution in [0.1, 0.15) is 19.3 Å². The van der Waals surface area contributed by atoms with E-state index in [4.69, 9.17) is 5.73 Å². The van der Waals surface area contributed by atoms with Gasteiger partial charge in [-0.3, -0.25) is 4.79 Å². The van der Waals surface area contributed by atoms with Crippen LogP contribution in [0.4, 0.5) is 0 Å². The Morgan fingerprint density at radius 1 is 1.56 bits per heavy atom. The summed E-state index contributed by atoms with van der Waals surface area (Å²) in [6, 6.07) is 0. The number of carbonyl (C=O) groups excluding carboxylic acids is 1. The van der Waals surface area contributed by atoms with Crippen LogP contribution in [-0.2, 0) is 4.79 Å². The molecule has 1 aliphatic carbocycles. The zero-order chi connectivity index (χ0) is 5.98. The van der Waals surface area contributed by atoms with Gasteiger partial charge >= 0.3 is 0 Å². The van der Waals surface area contributed by atoms with Gasteiger partial charge in [0.25, 0.3) is 0 Å². The van der Waals surface area contributed by atoms with Crippen LogP contribution < -0.4 is 5.73 Å². The molecule has 3 heteroatoms. The highest BCUT2D eigenvalue weighted by Crippen LogP contribution is 2.26. The van der Waals surface area contributed by atoms with Gasteiger partial charge in [0.2, 0.25) is 0 Å². The fourth-order valence-electron chi connectivity index (χ4n) is 0.897. The van der Waals surface area contributed by atoms with E-state index >= 15 is 0 Å². The van der Waals surface area contributed by atoms with Crippen molar-refractivity contribution in [2.24, 2.45) is 11.7 Å². The summed E-state index contributed by atoms with van der Waals surface area (Å²) < 4.78 is 0. The number of hydrogen-bond donors (Lipinski definition) is 1. The topological polar surface area (TPSA) is 43.1 Å². The van der Waals surface area contributed by atoms with Gasteiger partial charge in [0.05, 0.1) is 6.54 Å². The molecule has 0 spiro atoms. The van der Waals surface area contributed by atoms with E-state index in [1.54, 1.807) is 0 Å². The Labute approximate surface area is 61.2 Å². The largest absolute Gasteiger partial charge is 0.324 e. The average molecular weight is 150 g/mol. The fourth-order valence-corrected chi connectivity index (χ4v) is 0.897. The van der Waals surface area contributed by atoms with Crippen molar-refractivity contribution in [3.05, 3.63) is 0 Å². The number of ketones is 1. The lowest BCUT2D eigenvalue weighted by Crippen LogP contribution is -2.27. The number of carbonyl (C=O) groups is 1. The van der Waals surface area contributed by atoms with Crippen molar-refractivity contribution in [3.63, 3.8) is 0 Å². The minimum atomic E-state index is 0. The zero-order valence-corrected chi connectivity index (χ0v) is 6.12. The van der Waals surface area contributed by atoms with Crippen LogP contribution in [0.15, 0.2) is 0 Å². The first-order chi connectivity index (χ1) is 3.84. The molecule has 0 radical (unpaired) electrons. The lowest BCUT2D eigenvalue weighted by Gasteiger charge is -2.22. The summed E-state index contributed by atoms with van der Waals surface area (Å²) in [5.74, 6) is 0.580. The maximum atomic E-state index is 10.7. The molecule has 1 aliphatic rings. The minimum absolute atomic E-state index is 0. The van der Waals surface area contributed by atoms with Crippen LogP contribution in [0.25, 0.3) is 0 Å². The highest BCUT2D eigenvalue weighted by Gasteiger charge is 2.23. The first-order valence-electron chi connectivity index (χ1n) is 3.07. The molecule has 9 heavy (non-hydrogen) atoms. The van der Waals surface area contributed by atoms with Crippen LogP contribution in [-0.4, -0.2) is 12.3 Å². The molecule has 0 heterocycles. The molecule has 0 aromatic rings. The fraction of sp³-hybridized carbons (Fsp3) is 0.833. The van der Waals surface area contributed by atoms with E-state index in [0.717, 1.165) is 12.8 Å². The molecule has 1 rings (SSSR count). The van der Waals surface area contributed by atoms with Gasteiger partial charge in [-0.25, -0.2) is 0 Å². The predicted molar refractivity (Wildman–Crippen MR) is 38.7 cm³/mol. The van der Waals surface area contributed by atoms with E-state index in [9.17, 15) is 4.79 Å². The maximum Gasteiger partial charge on any atom is 0.149 e. The molecular weight excluding hydrogens is 138 g/mol. The van der Waals surface area contributed by atoms with Gasteiger partial charge in [-0.1, -0.05) is 6.42 Å². The standard InChI is InChI=1S/C6H11NO.ClH/c7-4-6(8)5-2-1-3-5;/h5H,1-4,7H2;1H. The van der Waals surface area contributed by atoms with Gasteiger partial charge < -0.3 is 5.73 Å². The third kappa shape index (κ3) is 1.95. The van der Waals surface area contributed by atoms with E-state index < -0.39 is 0 Å². The van der Waals surface area contributed by atoms with Crippen molar-refractivity contribution in [2.75, 3.05) is 6.54 Å². The molecular formula is C6H12ClNO. The second-order valence-corrected chi connectivity index (χ2v) is 2.30. The highest BCUT2D eigenvalue weighted by atomic mass is 35.5. The van der Waals surface area contributed by atoms with Gasteiger partial charge in [0, 0.05) is 5.92 Å². The van der Waals surface area contributed by atoms with E-state index in [1.807, 2.05) is 0 Å². The smallest absolute Gasteiger partial charge is 0.149 e. The van der Waals surface area contributed by atoms with Gasteiger partial charge in [0.1, 0.15) is 5.78 Å². The number of rotatable bonds is 2. The summed E-state index contributed by atoms with van der Waals surface area (Å²) in [6.45, 7) is 0.241. The molecule has 54 valence electrons. The van der Waals surface area contributed by atoms with E-state index in [-0.39, 0.29) is 24.7 Å². The van der Waals surface area contributed by atoms with Crippen LogP contribution in [0.5, 0.6) is 0 Å². The first-order valence-corrected chi connectivity index (χ1v) is 3.07. The molecule has 0 atom stereocenters. The Bertz CT molecular complexity index is 101. The Kier molecular flexibility index (Phi) is 3.82. The molecule has 1 saturated carbocycles. The van der Waals surface area contributed by atoms with Crippen LogP contribution in [0, 0.1) is 5.92 Å². The van der Waals surface area contributed by atoms with Gasteiger partial charge in [-0.2, -0.15) is 0 Å². The first kappa shape index (κ1) is 8.92. The Morgan fingerprint density at radius 3 is 2.22 bits per heavy atom. The molecule has 0 amide bonds. The summed E-state index contributed by atoms with van der Waals surface area (Å²) in [7, 11) is 0. The Balaban J connectivity index is 0.000000640. The van der Waals surface area contributed by atoms with Crippen molar-refractivity contribution < 1.29 is 4.79 Å². The second kappa shape index (κ2) is 3.85. The molecule has 2 nitrogen and oxygen atoms in total. The number of Topliss-reactive ketones (excluding diaryl/α,β-unsaturated/α-hetero) is 1. The van der Waals surface area contributed by atoms with E-state index in [2.05, 4.69) is 0 Å². The highest BCUT2D eigenvalue weighted by molar-refractivity contribution is 5.85. The quantitative estimate of drug-likeness (QED) is 0.629. The van der Waals surface area contributed by atoms with Gasteiger partial charge in [-0.15, -0.1) is 12.4 Å². The summed E-state index contributed by atoms with van der Waals surface area (Å²) in [6.07, 6.45) is 3.38. The van der Waals surface area contributed by atoms with Crippen molar-refractivity contribution in [2.45, 2.75) is 19.3 Å². The van der Waals surface area contributed by atoms with Crippen LogP contribution in [0.2, 0.25) is 0 Å². The number of nitrogens with two attached hydrogens (primary N) is 1. The monoisotopic (exact) mass is 149 g/mol. The molecule has 0 bridgehead atoms. The summed E-state index contributed by atoms with van der Waals surface area (Å²) >= 11 is 0. The van der Waals surface area contributed by atoms with Crippen molar-refractivity contribution in [3.8, 4) is 0 Å². The molecule has 0 unspecified atom stereocenters. The summed E-state index contributed by atoms with van der Waals surface area (Å²) in [4.78, 5) is 10.7. The molecule has 2 N–H and O–H groups in total. The van der Waals surface area contributed by atoms with Crippen LogP contribution >= 0.6 is 12.4 Å². The van der Waals surface area contributed by atoms with Crippen molar-refractivity contribution in [1.29, 1.82) is 0 Å². The van der Waals surface area contributed by atoms with E-state index in [0.29, 0.717) is 5.92 Å². The summed E-state index contributed by atoms with van der Waals surface area (Å²) in [5, 5.41) is 0. The number of halogens is 1. The molecule has 0 aliphatic heterocycles. The zero-order valence-electron chi connectivity index (χ0n) is 5.30. The van der Waals surface area contributed by atoms with Crippen molar-refractivity contribution in [1.82, 2.24) is 0 Å². The van der Waals surface area contributed by atoms with Gasteiger partial charge in [-0.05, 0) is 12.8 Å². The third-order valence-electron chi connectivity index (χ3n) is 1.76. The Morgan fingerprint density at radius 2 is 2.11 bits per heavy atom. The Hall–Kier alpha value is -0.0800.